The third kappa shape index (κ3) is 6.71. The molecular formula is C11H16F6N2O4S. The van der Waals surface area contributed by atoms with Crippen molar-refractivity contribution in [3.63, 3.8) is 0 Å². The Hall–Kier alpha value is -1.24. The number of piperidine rings is 1. The van der Waals surface area contributed by atoms with Gasteiger partial charge in [0.25, 0.3) is 6.10 Å². The van der Waals surface area contributed by atoms with Crippen molar-refractivity contribution in [1.82, 2.24) is 9.62 Å². The van der Waals surface area contributed by atoms with Crippen molar-refractivity contribution in [1.29, 1.82) is 0 Å². The van der Waals surface area contributed by atoms with Crippen molar-refractivity contribution in [2.24, 2.45) is 5.92 Å². The van der Waals surface area contributed by atoms with Crippen LogP contribution >= 0.6 is 0 Å². The number of likely N-dealkylation sites (tertiary alicyclic amines) is 1. The number of nitrogens with zero attached hydrogens (tertiary/aromatic N) is 1. The molecule has 6 nitrogen and oxygen atoms in total. The highest BCUT2D eigenvalue weighted by molar-refractivity contribution is 7.88. The Morgan fingerprint density at radius 2 is 1.62 bits per heavy atom. The smallest absolute Gasteiger partial charge is 0.426 e. The summed E-state index contributed by atoms with van der Waals surface area (Å²) in [6, 6.07) is 0. The van der Waals surface area contributed by atoms with Gasteiger partial charge in [0.1, 0.15) is 0 Å². The van der Waals surface area contributed by atoms with E-state index in [1.54, 1.807) is 0 Å². The molecule has 1 saturated heterocycles. The predicted molar refractivity (Wildman–Crippen MR) is 69.5 cm³/mol. The summed E-state index contributed by atoms with van der Waals surface area (Å²) < 4.78 is 102. The van der Waals surface area contributed by atoms with Crippen LogP contribution in [0.4, 0.5) is 31.1 Å². The molecule has 0 radical (unpaired) electrons. The number of ether oxygens (including phenoxy) is 1. The third-order valence-corrected chi connectivity index (χ3v) is 4.01. The van der Waals surface area contributed by atoms with Gasteiger partial charge in [0, 0.05) is 19.6 Å². The van der Waals surface area contributed by atoms with Gasteiger partial charge in [-0.25, -0.2) is 17.9 Å². The Bertz CT molecular complexity index is 526. The van der Waals surface area contributed by atoms with Gasteiger partial charge in [-0.05, 0) is 18.8 Å². The molecule has 0 aromatic carbocycles. The number of alkyl halides is 6. The van der Waals surface area contributed by atoms with Crippen molar-refractivity contribution >= 4 is 16.1 Å². The first-order chi connectivity index (χ1) is 10.7. The summed E-state index contributed by atoms with van der Waals surface area (Å²) in [6.07, 6.45) is -16.0. The quantitative estimate of drug-likeness (QED) is 0.749. The molecule has 0 saturated carbocycles. The van der Waals surface area contributed by atoms with E-state index >= 15 is 0 Å². The maximum atomic E-state index is 12.3. The van der Waals surface area contributed by atoms with Gasteiger partial charge in [-0.1, -0.05) is 0 Å². The maximum Gasteiger partial charge on any atom is 0.434 e. The van der Waals surface area contributed by atoms with Crippen LogP contribution in [0.2, 0.25) is 0 Å². The lowest BCUT2D eigenvalue weighted by Gasteiger charge is -2.33. The number of carbonyl (C=O) groups excluding carboxylic acids is 1. The van der Waals surface area contributed by atoms with Crippen LogP contribution in [0.1, 0.15) is 12.8 Å². The first kappa shape index (κ1) is 20.8. The van der Waals surface area contributed by atoms with Crippen LogP contribution in [0.3, 0.4) is 0 Å². The van der Waals surface area contributed by atoms with Gasteiger partial charge in [0.05, 0.1) is 6.26 Å². The number of hydrogen-bond donors (Lipinski definition) is 1. The molecule has 0 spiro atoms. The summed E-state index contributed by atoms with van der Waals surface area (Å²) in [5.74, 6) is -0.176. The fourth-order valence-electron chi connectivity index (χ4n) is 2.08. The maximum absolute atomic E-state index is 12.3. The molecule has 0 aromatic rings. The lowest BCUT2D eigenvalue weighted by molar-refractivity contribution is -0.308. The largest absolute Gasteiger partial charge is 0.434 e. The van der Waals surface area contributed by atoms with E-state index in [0.717, 1.165) is 11.2 Å². The summed E-state index contributed by atoms with van der Waals surface area (Å²) in [5, 5.41) is 0. The average molecular weight is 386 g/mol. The second-order valence-corrected chi connectivity index (χ2v) is 7.23. The molecular weight excluding hydrogens is 370 g/mol. The van der Waals surface area contributed by atoms with Gasteiger partial charge in [-0.15, -0.1) is 0 Å². The molecule has 1 N–H and O–H groups in total. The Kier molecular flexibility index (Phi) is 6.36. The van der Waals surface area contributed by atoms with Crippen molar-refractivity contribution in [3.8, 4) is 0 Å². The summed E-state index contributed by atoms with van der Waals surface area (Å²) in [7, 11) is -3.41. The first-order valence-corrected chi connectivity index (χ1v) is 8.63. The number of rotatable bonds is 4. The summed E-state index contributed by atoms with van der Waals surface area (Å²) >= 11 is 0. The van der Waals surface area contributed by atoms with Gasteiger partial charge < -0.3 is 9.64 Å². The fourth-order valence-corrected chi connectivity index (χ4v) is 2.62. The second-order valence-electron chi connectivity index (χ2n) is 5.40. The lowest BCUT2D eigenvalue weighted by atomic mass is 9.97. The summed E-state index contributed by atoms with van der Waals surface area (Å²) in [5.41, 5.74) is 0. The third-order valence-electron chi connectivity index (χ3n) is 3.32. The zero-order chi connectivity index (χ0) is 18.8. The number of carbonyl (C=O) groups is 1. The van der Waals surface area contributed by atoms with E-state index in [9.17, 15) is 39.6 Å². The molecule has 13 heteroatoms. The van der Waals surface area contributed by atoms with Crippen LogP contribution in [-0.2, 0) is 14.8 Å². The van der Waals surface area contributed by atoms with E-state index in [4.69, 9.17) is 0 Å². The molecule has 142 valence electrons. The predicted octanol–water partition coefficient (Wildman–Crippen LogP) is 1.88. The van der Waals surface area contributed by atoms with Crippen molar-refractivity contribution < 1.29 is 44.3 Å². The SMILES string of the molecule is CS(=O)(=O)NCC1CCN(C(=O)OC(C(F)(F)F)C(F)(F)F)CC1. The van der Waals surface area contributed by atoms with Crippen LogP contribution in [-0.4, -0.2) is 63.8 Å². The van der Waals surface area contributed by atoms with Crippen LogP contribution in [0.25, 0.3) is 0 Å². The number of nitrogens with one attached hydrogen (secondary N) is 1. The van der Waals surface area contributed by atoms with Gasteiger partial charge in [0.15, 0.2) is 0 Å². The highest BCUT2D eigenvalue weighted by atomic mass is 32.2. The molecule has 1 aliphatic heterocycles. The van der Waals surface area contributed by atoms with Crippen LogP contribution < -0.4 is 4.72 Å². The van der Waals surface area contributed by atoms with E-state index in [-0.39, 0.29) is 38.4 Å². The summed E-state index contributed by atoms with van der Waals surface area (Å²) in [4.78, 5) is 12.3. The van der Waals surface area contributed by atoms with Crippen molar-refractivity contribution in [3.05, 3.63) is 0 Å². The molecule has 0 atom stereocenters. The Balaban J connectivity index is 2.56. The molecule has 1 fully saturated rings. The molecule has 0 aliphatic carbocycles. The van der Waals surface area contributed by atoms with E-state index in [2.05, 4.69) is 9.46 Å². The zero-order valence-electron chi connectivity index (χ0n) is 12.4. The number of halogens is 6. The minimum atomic E-state index is -5.76. The molecule has 1 aliphatic rings. The van der Waals surface area contributed by atoms with Crippen molar-refractivity contribution in [2.45, 2.75) is 31.3 Å². The van der Waals surface area contributed by atoms with E-state index in [1.807, 2.05) is 0 Å². The Morgan fingerprint density at radius 3 is 2.00 bits per heavy atom. The van der Waals surface area contributed by atoms with Gasteiger partial charge in [-0.2, -0.15) is 26.3 Å². The van der Waals surface area contributed by atoms with Crippen LogP contribution in [0.15, 0.2) is 0 Å². The molecule has 0 unspecified atom stereocenters. The van der Waals surface area contributed by atoms with Gasteiger partial charge in [-0.3, -0.25) is 0 Å². The fraction of sp³-hybridized carbons (Fsp3) is 0.909. The standard InChI is InChI=1S/C11H16F6N2O4S/c1-24(21,22)18-6-7-2-4-19(5-3-7)9(20)23-8(10(12,13)14)11(15,16)17/h7-8,18H,2-6H2,1H3. The highest BCUT2D eigenvalue weighted by Crippen LogP contribution is 2.36. The Morgan fingerprint density at radius 1 is 1.17 bits per heavy atom. The van der Waals surface area contributed by atoms with Gasteiger partial charge in [0.2, 0.25) is 10.0 Å². The Labute approximate surface area is 134 Å². The minimum Gasteiger partial charge on any atom is -0.426 e. The van der Waals surface area contributed by atoms with E-state index in [0.29, 0.717) is 0 Å². The number of hydrogen-bond acceptors (Lipinski definition) is 4. The first-order valence-electron chi connectivity index (χ1n) is 6.74. The molecule has 1 rings (SSSR count). The molecule has 1 amide bonds. The second kappa shape index (κ2) is 7.33. The number of amides is 1. The minimum absolute atomic E-state index is 0.0788. The zero-order valence-corrected chi connectivity index (χ0v) is 13.3. The summed E-state index contributed by atoms with van der Waals surface area (Å²) in [6.45, 7) is -0.176. The van der Waals surface area contributed by atoms with E-state index < -0.39 is 34.6 Å². The van der Waals surface area contributed by atoms with Crippen LogP contribution in [0.5, 0.6) is 0 Å². The average Bonchev–Trinajstić information content (AvgIpc) is 2.39. The lowest BCUT2D eigenvalue weighted by Crippen LogP contribution is -2.49. The van der Waals surface area contributed by atoms with Crippen molar-refractivity contribution in [2.75, 3.05) is 25.9 Å². The monoisotopic (exact) mass is 386 g/mol. The molecule has 1 heterocycles. The number of sulfonamides is 1. The normalized spacial score (nSPS) is 18.1. The molecule has 0 bridgehead atoms. The topological polar surface area (TPSA) is 75.7 Å². The molecule has 24 heavy (non-hydrogen) atoms. The van der Waals surface area contributed by atoms with Crippen LogP contribution in [0, 0.1) is 5.92 Å². The van der Waals surface area contributed by atoms with Gasteiger partial charge >= 0.3 is 18.4 Å². The molecule has 0 aromatic heterocycles. The van der Waals surface area contributed by atoms with E-state index in [1.165, 1.54) is 0 Å². The highest BCUT2D eigenvalue weighted by Gasteiger charge is 2.60.